The molecule has 1 amide bonds. The second-order valence-corrected chi connectivity index (χ2v) is 4.00. The van der Waals surface area contributed by atoms with Gasteiger partial charge in [-0.25, -0.2) is 9.18 Å². The number of carbonyl (C=O) groups is 2. The molecule has 0 spiro atoms. The van der Waals surface area contributed by atoms with Gasteiger partial charge in [-0.3, -0.25) is 4.79 Å². The Kier molecular flexibility index (Phi) is 3.87. The lowest BCUT2D eigenvalue weighted by Gasteiger charge is -2.18. The molecule has 5 N–H and O–H groups in total. The molecule has 1 aromatic rings. The van der Waals surface area contributed by atoms with Crippen LogP contribution in [0.4, 0.5) is 10.1 Å². The Morgan fingerprint density at radius 1 is 1.50 bits per heavy atom. The van der Waals surface area contributed by atoms with Gasteiger partial charge in [0, 0.05) is 5.56 Å². The molecule has 1 unspecified atom stereocenters. The molecular weight excluding hydrogens is 243 g/mol. The molecular formula is C11H13FN2O4. The van der Waals surface area contributed by atoms with Gasteiger partial charge < -0.3 is 21.3 Å². The number of aliphatic hydroxyl groups is 1. The number of carbonyl (C=O) groups excluding carboxylic acids is 1. The summed E-state index contributed by atoms with van der Waals surface area (Å²) >= 11 is 0. The Balaban J connectivity index is 2.72. The van der Waals surface area contributed by atoms with Crippen LogP contribution in [0, 0.1) is 5.82 Å². The number of rotatable bonds is 4. The van der Waals surface area contributed by atoms with E-state index in [0.717, 1.165) is 13.0 Å². The Hall–Kier alpha value is -2.15. The van der Waals surface area contributed by atoms with E-state index in [2.05, 4.69) is 5.32 Å². The third kappa shape index (κ3) is 3.17. The summed E-state index contributed by atoms with van der Waals surface area (Å²) in [5, 5.41) is 20.2. The van der Waals surface area contributed by atoms with Gasteiger partial charge in [-0.15, -0.1) is 0 Å². The van der Waals surface area contributed by atoms with Crippen LogP contribution in [0.1, 0.15) is 17.3 Å². The van der Waals surface area contributed by atoms with Crippen LogP contribution in [0.25, 0.3) is 0 Å². The van der Waals surface area contributed by atoms with Crippen molar-refractivity contribution in [2.24, 2.45) is 0 Å². The molecule has 1 rings (SSSR count). The van der Waals surface area contributed by atoms with Gasteiger partial charge in [0.1, 0.15) is 5.82 Å². The van der Waals surface area contributed by atoms with Crippen LogP contribution in [0.15, 0.2) is 18.2 Å². The van der Waals surface area contributed by atoms with E-state index in [1.807, 2.05) is 0 Å². The summed E-state index contributed by atoms with van der Waals surface area (Å²) < 4.78 is 13.1. The molecule has 0 radical (unpaired) electrons. The minimum absolute atomic E-state index is 0.0112. The van der Waals surface area contributed by atoms with Gasteiger partial charge in [-0.1, -0.05) is 0 Å². The third-order valence-corrected chi connectivity index (χ3v) is 2.32. The van der Waals surface area contributed by atoms with Crippen LogP contribution in [-0.4, -0.2) is 34.2 Å². The van der Waals surface area contributed by atoms with E-state index in [-0.39, 0.29) is 11.3 Å². The Bertz CT molecular complexity index is 488. The van der Waals surface area contributed by atoms with Crippen LogP contribution in [0.2, 0.25) is 0 Å². The highest BCUT2D eigenvalue weighted by Crippen LogP contribution is 2.12. The summed E-state index contributed by atoms with van der Waals surface area (Å²) in [4.78, 5) is 22.1. The second-order valence-electron chi connectivity index (χ2n) is 4.00. The minimum Gasteiger partial charge on any atom is -0.479 e. The van der Waals surface area contributed by atoms with Crippen molar-refractivity contribution in [3.05, 3.63) is 29.6 Å². The van der Waals surface area contributed by atoms with Crippen LogP contribution in [0.5, 0.6) is 0 Å². The number of nitrogens with one attached hydrogen (secondary N) is 1. The van der Waals surface area contributed by atoms with E-state index in [1.54, 1.807) is 0 Å². The highest BCUT2D eigenvalue weighted by Gasteiger charge is 2.30. The largest absolute Gasteiger partial charge is 0.479 e. The minimum atomic E-state index is -2.08. The highest BCUT2D eigenvalue weighted by atomic mass is 19.1. The monoisotopic (exact) mass is 256 g/mol. The average Bonchev–Trinajstić information content (AvgIpc) is 2.29. The molecule has 0 saturated carbocycles. The number of amides is 1. The fourth-order valence-electron chi connectivity index (χ4n) is 1.10. The maximum atomic E-state index is 13.1. The van der Waals surface area contributed by atoms with E-state index in [0.29, 0.717) is 0 Å². The summed E-state index contributed by atoms with van der Waals surface area (Å²) in [6.07, 6.45) is 0. The lowest BCUT2D eigenvalue weighted by molar-refractivity contribution is -0.155. The molecule has 1 aromatic carbocycles. The number of benzene rings is 1. The molecule has 0 bridgehead atoms. The van der Waals surface area contributed by atoms with E-state index in [4.69, 9.17) is 10.8 Å². The maximum absolute atomic E-state index is 13.1. The summed E-state index contributed by atoms with van der Waals surface area (Å²) in [6, 6.07) is 3.45. The van der Waals surface area contributed by atoms with Crippen molar-refractivity contribution < 1.29 is 24.2 Å². The van der Waals surface area contributed by atoms with E-state index < -0.39 is 29.8 Å². The van der Waals surface area contributed by atoms with Crippen LogP contribution >= 0.6 is 0 Å². The van der Waals surface area contributed by atoms with Crippen molar-refractivity contribution >= 4 is 17.6 Å². The van der Waals surface area contributed by atoms with Crippen molar-refractivity contribution in [3.8, 4) is 0 Å². The standard InChI is InChI=1S/C11H13FN2O4/c1-11(18,10(16)17)5-14-9(15)6-2-3-8(13)7(12)4-6/h2-4,18H,5,13H2,1H3,(H,14,15)(H,16,17). The van der Waals surface area contributed by atoms with Gasteiger partial charge in [0.2, 0.25) is 0 Å². The number of hydrogen-bond acceptors (Lipinski definition) is 4. The molecule has 7 heteroatoms. The fourth-order valence-corrected chi connectivity index (χ4v) is 1.10. The predicted molar refractivity (Wildman–Crippen MR) is 61.4 cm³/mol. The van der Waals surface area contributed by atoms with Gasteiger partial charge >= 0.3 is 5.97 Å². The number of halogens is 1. The zero-order valence-corrected chi connectivity index (χ0v) is 9.61. The van der Waals surface area contributed by atoms with Crippen molar-refractivity contribution in [3.63, 3.8) is 0 Å². The van der Waals surface area contributed by atoms with Crippen molar-refractivity contribution in [1.82, 2.24) is 5.32 Å². The molecule has 0 aromatic heterocycles. The molecule has 98 valence electrons. The van der Waals surface area contributed by atoms with E-state index in [9.17, 15) is 19.1 Å². The Morgan fingerprint density at radius 3 is 2.61 bits per heavy atom. The SMILES string of the molecule is CC(O)(CNC(=O)c1ccc(N)c(F)c1)C(=O)O. The van der Waals surface area contributed by atoms with Gasteiger partial charge in [-0.2, -0.15) is 0 Å². The first kappa shape index (κ1) is 13.9. The van der Waals surface area contributed by atoms with Gasteiger partial charge in [-0.05, 0) is 25.1 Å². The number of nitrogens with two attached hydrogens (primary N) is 1. The van der Waals surface area contributed by atoms with Crippen LogP contribution in [0.3, 0.4) is 0 Å². The van der Waals surface area contributed by atoms with Gasteiger partial charge in [0.15, 0.2) is 5.60 Å². The number of carboxylic acids is 1. The van der Waals surface area contributed by atoms with Crippen molar-refractivity contribution in [2.45, 2.75) is 12.5 Å². The molecule has 1 atom stereocenters. The second kappa shape index (κ2) is 5.01. The van der Waals surface area contributed by atoms with E-state index >= 15 is 0 Å². The molecule has 0 aliphatic carbocycles. The maximum Gasteiger partial charge on any atom is 0.337 e. The summed E-state index contributed by atoms with van der Waals surface area (Å²) in [5.74, 6) is -2.91. The third-order valence-electron chi connectivity index (χ3n) is 2.32. The summed E-state index contributed by atoms with van der Waals surface area (Å²) in [5.41, 5.74) is 3.06. The Labute approximate surface area is 102 Å². The normalized spacial score (nSPS) is 13.7. The quantitative estimate of drug-likeness (QED) is 0.565. The smallest absolute Gasteiger partial charge is 0.337 e. The van der Waals surface area contributed by atoms with Crippen molar-refractivity contribution in [2.75, 3.05) is 12.3 Å². The molecule has 0 saturated heterocycles. The van der Waals surface area contributed by atoms with Crippen LogP contribution < -0.4 is 11.1 Å². The van der Waals surface area contributed by atoms with Gasteiger partial charge in [0.25, 0.3) is 5.91 Å². The number of anilines is 1. The summed E-state index contributed by atoms with van der Waals surface area (Å²) in [7, 11) is 0. The topological polar surface area (TPSA) is 113 Å². The molecule has 18 heavy (non-hydrogen) atoms. The first-order chi connectivity index (χ1) is 8.24. The zero-order valence-electron chi connectivity index (χ0n) is 9.61. The fraction of sp³-hybridized carbons (Fsp3) is 0.273. The highest BCUT2D eigenvalue weighted by molar-refractivity contribution is 5.95. The number of nitrogen functional groups attached to an aromatic ring is 1. The number of carboxylic acid groups (broad SMARTS) is 1. The number of aliphatic carboxylic acids is 1. The van der Waals surface area contributed by atoms with E-state index in [1.165, 1.54) is 12.1 Å². The van der Waals surface area contributed by atoms with Crippen LogP contribution in [-0.2, 0) is 4.79 Å². The molecule has 0 aliphatic heterocycles. The molecule has 0 aliphatic rings. The average molecular weight is 256 g/mol. The first-order valence-corrected chi connectivity index (χ1v) is 5.03. The zero-order chi connectivity index (χ0) is 13.9. The van der Waals surface area contributed by atoms with Crippen molar-refractivity contribution in [1.29, 1.82) is 0 Å². The lowest BCUT2D eigenvalue weighted by Crippen LogP contribution is -2.46. The van der Waals surface area contributed by atoms with Gasteiger partial charge in [0.05, 0.1) is 12.2 Å². The molecule has 0 fully saturated rings. The lowest BCUT2D eigenvalue weighted by atomic mass is 10.1. The first-order valence-electron chi connectivity index (χ1n) is 5.03. The molecule has 0 heterocycles. The predicted octanol–water partition coefficient (Wildman–Crippen LogP) is -0.0267. The summed E-state index contributed by atoms with van der Waals surface area (Å²) in [6.45, 7) is 0.548. The number of hydrogen-bond donors (Lipinski definition) is 4. The Morgan fingerprint density at radius 2 is 2.11 bits per heavy atom. The molecule has 6 nitrogen and oxygen atoms in total.